The monoisotopic (exact) mass is 202 g/mol. The highest BCUT2D eigenvalue weighted by atomic mass is 16.1. The zero-order valence-electron chi connectivity index (χ0n) is 9.28. The maximum absolute atomic E-state index is 10.9. The normalized spacial score (nSPS) is 23.8. The van der Waals surface area contributed by atoms with Crippen molar-refractivity contribution in [2.24, 2.45) is 5.92 Å². The number of carbonyl (C=O) groups excluding carboxylic acids is 1. The van der Waals surface area contributed by atoms with Gasteiger partial charge in [-0.2, -0.15) is 0 Å². The van der Waals surface area contributed by atoms with Crippen LogP contribution in [0.3, 0.4) is 0 Å². The molecule has 0 unspecified atom stereocenters. The molecule has 0 bridgehead atoms. The largest absolute Gasteiger partial charge is 0.298 e. The molecule has 1 aromatic carbocycles. The third kappa shape index (κ3) is 2.28. The minimum Gasteiger partial charge on any atom is -0.298 e. The van der Waals surface area contributed by atoms with Crippen molar-refractivity contribution in [3.8, 4) is 0 Å². The van der Waals surface area contributed by atoms with Crippen molar-refractivity contribution in [1.82, 2.24) is 0 Å². The third-order valence-electron chi connectivity index (χ3n) is 3.37. The van der Waals surface area contributed by atoms with E-state index in [2.05, 4.69) is 13.0 Å². The van der Waals surface area contributed by atoms with Gasteiger partial charge in [0.25, 0.3) is 0 Å². The summed E-state index contributed by atoms with van der Waals surface area (Å²) in [4.78, 5) is 10.9. The summed E-state index contributed by atoms with van der Waals surface area (Å²) >= 11 is 0. The lowest BCUT2D eigenvalue weighted by Crippen LogP contribution is -1.91. The molecular weight excluding hydrogens is 184 g/mol. The van der Waals surface area contributed by atoms with Gasteiger partial charge in [0.15, 0.2) is 0 Å². The number of hydrogen-bond acceptors (Lipinski definition) is 1. The number of unbranched alkanes of at least 4 members (excludes halogenated alkanes) is 1. The van der Waals surface area contributed by atoms with Crippen molar-refractivity contribution in [1.29, 1.82) is 0 Å². The predicted molar refractivity (Wildman–Crippen MR) is 62.2 cm³/mol. The predicted octanol–water partition coefficient (Wildman–Crippen LogP) is 3.79. The molecule has 2 rings (SSSR count). The Hall–Kier alpha value is -1.11. The van der Waals surface area contributed by atoms with Gasteiger partial charge in [-0.15, -0.1) is 0 Å². The molecule has 1 aliphatic rings. The Morgan fingerprint density at radius 2 is 2.20 bits per heavy atom. The summed E-state index contributed by atoms with van der Waals surface area (Å²) in [6.45, 7) is 2.23. The van der Waals surface area contributed by atoms with E-state index in [1.54, 1.807) is 0 Å². The van der Waals surface area contributed by atoms with Gasteiger partial charge in [-0.05, 0) is 30.2 Å². The minimum absolute atomic E-state index is 0.665. The average molecular weight is 202 g/mol. The molecule has 0 spiro atoms. The summed E-state index contributed by atoms with van der Waals surface area (Å²) in [5, 5.41) is 0. The van der Waals surface area contributed by atoms with Crippen LogP contribution in [0.4, 0.5) is 0 Å². The highest BCUT2D eigenvalue weighted by Crippen LogP contribution is 2.50. The van der Waals surface area contributed by atoms with E-state index in [0.29, 0.717) is 5.92 Å². The molecule has 0 heterocycles. The van der Waals surface area contributed by atoms with Crippen LogP contribution in [0.2, 0.25) is 0 Å². The average Bonchev–Trinajstić information content (AvgIpc) is 3.05. The zero-order valence-corrected chi connectivity index (χ0v) is 9.28. The molecule has 80 valence electrons. The van der Waals surface area contributed by atoms with Crippen molar-refractivity contribution in [3.63, 3.8) is 0 Å². The van der Waals surface area contributed by atoms with Crippen LogP contribution in [0.1, 0.15) is 54.4 Å². The highest BCUT2D eigenvalue weighted by Gasteiger charge is 2.38. The van der Waals surface area contributed by atoms with Gasteiger partial charge in [-0.1, -0.05) is 44.0 Å². The van der Waals surface area contributed by atoms with Gasteiger partial charge in [0, 0.05) is 5.56 Å². The second-order valence-electron chi connectivity index (χ2n) is 4.49. The fourth-order valence-corrected chi connectivity index (χ4v) is 2.37. The Kier molecular flexibility index (Phi) is 3.20. The van der Waals surface area contributed by atoms with E-state index < -0.39 is 0 Å². The lowest BCUT2D eigenvalue weighted by atomic mass is 10.0. The van der Waals surface area contributed by atoms with Crippen molar-refractivity contribution in [2.45, 2.75) is 38.5 Å². The first-order valence-corrected chi connectivity index (χ1v) is 5.91. The Morgan fingerprint density at radius 3 is 2.93 bits per heavy atom. The quantitative estimate of drug-likeness (QED) is 0.664. The van der Waals surface area contributed by atoms with Crippen LogP contribution < -0.4 is 0 Å². The standard InChI is InChI=1S/C14H18O/c1-2-3-6-11-9-14(11)13-8-5-4-7-12(13)10-15/h4-5,7-8,10-11,14H,2-3,6,9H2,1H3/t11-,14-/m1/s1. The van der Waals surface area contributed by atoms with Gasteiger partial charge >= 0.3 is 0 Å². The lowest BCUT2D eigenvalue weighted by Gasteiger charge is -2.03. The minimum atomic E-state index is 0.665. The zero-order chi connectivity index (χ0) is 10.7. The highest BCUT2D eigenvalue weighted by molar-refractivity contribution is 5.77. The first-order valence-electron chi connectivity index (χ1n) is 5.91. The first-order chi connectivity index (χ1) is 7.36. The van der Waals surface area contributed by atoms with Crippen LogP contribution in [0.5, 0.6) is 0 Å². The molecule has 0 aliphatic heterocycles. The molecule has 0 radical (unpaired) electrons. The lowest BCUT2D eigenvalue weighted by molar-refractivity contribution is 0.112. The second kappa shape index (κ2) is 4.61. The molecule has 1 heteroatoms. The van der Waals surface area contributed by atoms with Gasteiger partial charge < -0.3 is 0 Å². The van der Waals surface area contributed by atoms with Crippen LogP contribution in [-0.2, 0) is 0 Å². The molecule has 1 aromatic rings. The van der Waals surface area contributed by atoms with E-state index in [9.17, 15) is 4.79 Å². The van der Waals surface area contributed by atoms with Gasteiger partial charge in [0.05, 0.1) is 0 Å². The summed E-state index contributed by atoms with van der Waals surface area (Å²) in [6.07, 6.45) is 6.20. The van der Waals surface area contributed by atoms with Gasteiger partial charge in [0.1, 0.15) is 6.29 Å². The molecule has 1 aliphatic carbocycles. The summed E-state index contributed by atoms with van der Waals surface area (Å²) in [5.41, 5.74) is 2.16. The van der Waals surface area contributed by atoms with Crippen molar-refractivity contribution >= 4 is 6.29 Å². The number of benzene rings is 1. The summed E-state index contributed by atoms with van der Waals surface area (Å²) in [5.74, 6) is 1.50. The van der Waals surface area contributed by atoms with Crippen LogP contribution in [-0.4, -0.2) is 6.29 Å². The van der Waals surface area contributed by atoms with Gasteiger partial charge in [-0.3, -0.25) is 4.79 Å². The van der Waals surface area contributed by atoms with E-state index in [-0.39, 0.29) is 0 Å². The second-order valence-corrected chi connectivity index (χ2v) is 4.49. The molecule has 0 amide bonds. The van der Waals surface area contributed by atoms with E-state index in [1.807, 2.05) is 18.2 Å². The smallest absolute Gasteiger partial charge is 0.150 e. The SMILES string of the molecule is CCCC[C@@H]1C[C@H]1c1ccccc1C=O. The maximum Gasteiger partial charge on any atom is 0.150 e. The van der Waals surface area contributed by atoms with E-state index in [4.69, 9.17) is 0 Å². The van der Waals surface area contributed by atoms with E-state index in [1.165, 1.54) is 31.2 Å². The third-order valence-corrected chi connectivity index (χ3v) is 3.37. The number of aldehydes is 1. The van der Waals surface area contributed by atoms with Crippen LogP contribution in [0.25, 0.3) is 0 Å². The Labute approximate surface area is 91.5 Å². The molecule has 1 fully saturated rings. The first kappa shape index (κ1) is 10.4. The summed E-state index contributed by atoms with van der Waals surface area (Å²) in [7, 11) is 0. The topological polar surface area (TPSA) is 17.1 Å². The fourth-order valence-electron chi connectivity index (χ4n) is 2.37. The summed E-state index contributed by atoms with van der Waals surface area (Å²) < 4.78 is 0. The summed E-state index contributed by atoms with van der Waals surface area (Å²) in [6, 6.07) is 8.02. The fraction of sp³-hybridized carbons (Fsp3) is 0.500. The van der Waals surface area contributed by atoms with Crippen LogP contribution in [0, 0.1) is 5.92 Å². The Balaban J connectivity index is 2.03. The van der Waals surface area contributed by atoms with E-state index >= 15 is 0 Å². The molecule has 1 saturated carbocycles. The van der Waals surface area contributed by atoms with Crippen molar-refractivity contribution in [3.05, 3.63) is 35.4 Å². The molecule has 15 heavy (non-hydrogen) atoms. The maximum atomic E-state index is 10.9. The number of rotatable bonds is 5. The van der Waals surface area contributed by atoms with Crippen molar-refractivity contribution < 1.29 is 4.79 Å². The van der Waals surface area contributed by atoms with Crippen LogP contribution in [0.15, 0.2) is 24.3 Å². The molecule has 2 atom stereocenters. The van der Waals surface area contributed by atoms with E-state index in [0.717, 1.165) is 17.8 Å². The number of hydrogen-bond donors (Lipinski definition) is 0. The Bertz CT molecular complexity index is 343. The molecule has 0 aromatic heterocycles. The molecule has 0 saturated heterocycles. The van der Waals surface area contributed by atoms with Crippen LogP contribution >= 0.6 is 0 Å². The van der Waals surface area contributed by atoms with Gasteiger partial charge in [-0.25, -0.2) is 0 Å². The molecular formula is C14H18O. The number of carbonyl (C=O) groups is 1. The molecule has 1 nitrogen and oxygen atoms in total. The Morgan fingerprint density at radius 1 is 1.40 bits per heavy atom. The van der Waals surface area contributed by atoms with Gasteiger partial charge in [0.2, 0.25) is 0 Å². The van der Waals surface area contributed by atoms with Crippen molar-refractivity contribution in [2.75, 3.05) is 0 Å². The molecule has 0 N–H and O–H groups in total.